The summed E-state index contributed by atoms with van der Waals surface area (Å²) in [6, 6.07) is 34.1. The van der Waals surface area contributed by atoms with Gasteiger partial charge in [-0.3, -0.25) is 0 Å². The van der Waals surface area contributed by atoms with Crippen molar-refractivity contribution in [3.8, 4) is 28.6 Å². The minimum absolute atomic E-state index is 0.101. The van der Waals surface area contributed by atoms with Crippen LogP contribution < -0.4 is 0 Å². The summed E-state index contributed by atoms with van der Waals surface area (Å²) < 4.78 is 90.1. The van der Waals surface area contributed by atoms with Crippen LogP contribution >= 0.6 is 0 Å². The molecule has 49 heavy (non-hydrogen) atoms. The van der Waals surface area contributed by atoms with Crippen LogP contribution in [0.2, 0.25) is 0 Å². The summed E-state index contributed by atoms with van der Waals surface area (Å²) in [6.45, 7) is 1.94. The smallest absolute Gasteiger partial charge is 0.309 e. The first-order chi connectivity index (χ1) is 23.4. The summed E-state index contributed by atoms with van der Waals surface area (Å²) in [7, 11) is 0. The Morgan fingerprint density at radius 1 is 0.510 bits per heavy atom. The molecule has 0 unspecified atom stereocenters. The molecule has 0 atom stereocenters. The molecule has 0 N–H and O–H groups in total. The lowest BCUT2D eigenvalue weighted by atomic mass is 9.96. The minimum Gasteiger partial charge on any atom is -0.309 e. The monoisotopic (exact) mass is 659 g/mol. The number of aromatic nitrogens is 2. The van der Waals surface area contributed by atoms with Gasteiger partial charge in [0.05, 0.1) is 56.2 Å². The van der Waals surface area contributed by atoms with E-state index >= 15 is 0 Å². The maximum absolute atomic E-state index is 15.0. The van der Waals surface area contributed by atoms with Crippen molar-refractivity contribution in [2.45, 2.75) is 19.3 Å². The van der Waals surface area contributed by atoms with Crippen molar-refractivity contribution in [3.05, 3.63) is 144 Å². The molecule has 0 aliphatic heterocycles. The van der Waals surface area contributed by atoms with E-state index in [2.05, 4.69) is 6.07 Å². The third-order valence-corrected chi connectivity index (χ3v) is 9.01. The number of fused-ring (bicyclic) bond motifs is 6. The lowest BCUT2D eigenvalue weighted by Crippen LogP contribution is -2.11. The first kappa shape index (κ1) is 30.3. The van der Waals surface area contributed by atoms with Crippen molar-refractivity contribution >= 4 is 43.6 Å². The van der Waals surface area contributed by atoms with Gasteiger partial charge in [0.25, 0.3) is 0 Å². The Kier molecular flexibility index (Phi) is 6.66. The largest absolute Gasteiger partial charge is 0.416 e. The summed E-state index contributed by atoms with van der Waals surface area (Å²) in [5.41, 5.74) is 2.68. The van der Waals surface area contributed by atoms with Crippen LogP contribution in [-0.2, 0) is 12.4 Å². The Labute approximate surface area is 275 Å². The third-order valence-electron chi connectivity index (χ3n) is 9.01. The van der Waals surface area contributed by atoms with E-state index < -0.39 is 23.5 Å². The van der Waals surface area contributed by atoms with Crippen molar-refractivity contribution in [1.82, 2.24) is 9.13 Å². The number of hydrogen-bond acceptors (Lipinski definition) is 1. The van der Waals surface area contributed by atoms with Crippen molar-refractivity contribution < 1.29 is 26.3 Å². The van der Waals surface area contributed by atoms with Gasteiger partial charge < -0.3 is 9.13 Å². The molecule has 0 aliphatic carbocycles. The molecule has 0 radical (unpaired) electrons. The standard InChI is InChI=1S/C40H23F6N3/c1-23-13-15-34-30(17-23)28-9-2-4-11-32(28)48(34)36-20-27(40(44,45)46)21-37(38(36)25-8-6-7-24(18-25)22-47)49-33-12-5-3-10-29(33)31-19-26(39(41,42)43)14-16-35(31)49/h2-21H,1H3. The summed E-state index contributed by atoms with van der Waals surface area (Å²) in [5.74, 6) is 0. The molecule has 6 aromatic carbocycles. The molecule has 8 aromatic rings. The number of hydrogen-bond donors (Lipinski definition) is 0. The zero-order chi connectivity index (χ0) is 34.2. The van der Waals surface area contributed by atoms with Crippen LogP contribution in [0.15, 0.2) is 121 Å². The molecule has 240 valence electrons. The highest BCUT2D eigenvalue weighted by molar-refractivity contribution is 6.12. The highest BCUT2D eigenvalue weighted by Crippen LogP contribution is 2.46. The Bertz CT molecular complexity index is 2670. The van der Waals surface area contributed by atoms with Gasteiger partial charge in [-0.1, -0.05) is 60.2 Å². The van der Waals surface area contributed by atoms with Gasteiger partial charge in [-0.05, 0) is 79.2 Å². The molecule has 0 saturated heterocycles. The van der Waals surface area contributed by atoms with Gasteiger partial charge in [0, 0.05) is 27.1 Å². The third kappa shape index (κ3) is 4.82. The molecule has 0 aliphatic rings. The molecule has 8 rings (SSSR count). The summed E-state index contributed by atoms with van der Waals surface area (Å²) in [5, 5.41) is 12.2. The van der Waals surface area contributed by atoms with Crippen molar-refractivity contribution in [2.75, 3.05) is 0 Å². The van der Waals surface area contributed by atoms with E-state index in [1.54, 1.807) is 57.7 Å². The predicted octanol–water partition coefficient (Wildman–Crippen LogP) is 11.8. The number of aryl methyl sites for hydroxylation is 1. The van der Waals surface area contributed by atoms with Crippen molar-refractivity contribution in [1.29, 1.82) is 5.26 Å². The van der Waals surface area contributed by atoms with Gasteiger partial charge in [-0.15, -0.1) is 0 Å². The van der Waals surface area contributed by atoms with Gasteiger partial charge >= 0.3 is 12.4 Å². The fourth-order valence-electron chi connectivity index (χ4n) is 6.92. The second-order valence-corrected chi connectivity index (χ2v) is 12.0. The first-order valence-corrected chi connectivity index (χ1v) is 15.3. The molecular formula is C40H23F6N3. The van der Waals surface area contributed by atoms with Gasteiger partial charge in [0.1, 0.15) is 0 Å². The molecule has 2 aromatic heterocycles. The van der Waals surface area contributed by atoms with E-state index in [-0.39, 0.29) is 16.8 Å². The van der Waals surface area contributed by atoms with Crippen LogP contribution in [0.1, 0.15) is 22.3 Å². The highest BCUT2D eigenvalue weighted by Gasteiger charge is 2.35. The van der Waals surface area contributed by atoms with Crippen molar-refractivity contribution in [3.63, 3.8) is 0 Å². The zero-order valence-corrected chi connectivity index (χ0v) is 25.7. The molecule has 0 amide bonds. The second kappa shape index (κ2) is 10.8. The van der Waals surface area contributed by atoms with Crippen LogP contribution in [-0.4, -0.2) is 9.13 Å². The van der Waals surface area contributed by atoms with Crippen LogP contribution in [0.5, 0.6) is 0 Å². The fourth-order valence-corrected chi connectivity index (χ4v) is 6.92. The van der Waals surface area contributed by atoms with E-state index in [4.69, 9.17) is 0 Å². The van der Waals surface area contributed by atoms with Crippen molar-refractivity contribution in [2.24, 2.45) is 0 Å². The van der Waals surface area contributed by atoms with E-state index in [0.717, 1.165) is 40.6 Å². The quantitative estimate of drug-likeness (QED) is 0.174. The molecule has 3 nitrogen and oxygen atoms in total. The zero-order valence-electron chi connectivity index (χ0n) is 25.7. The maximum atomic E-state index is 15.0. The number of nitriles is 1. The summed E-state index contributed by atoms with van der Waals surface area (Å²) in [6.07, 6.45) is -9.41. The van der Waals surface area contributed by atoms with E-state index in [1.807, 2.05) is 49.4 Å². The van der Waals surface area contributed by atoms with Gasteiger partial charge in [0.15, 0.2) is 0 Å². The number of benzene rings is 6. The number of alkyl halides is 6. The van der Waals surface area contributed by atoms with E-state index in [0.29, 0.717) is 44.1 Å². The average Bonchev–Trinajstić information content (AvgIpc) is 3.59. The van der Waals surface area contributed by atoms with Crippen LogP contribution in [0, 0.1) is 18.3 Å². The average molecular weight is 660 g/mol. The van der Waals surface area contributed by atoms with Gasteiger partial charge in [0.2, 0.25) is 0 Å². The Hall–Kier alpha value is -6.01. The SMILES string of the molecule is Cc1ccc2c(c1)c1ccccc1n2-c1cc(C(F)(F)F)cc(-n2c3ccccc3c3cc(C(F)(F)F)ccc32)c1-c1cccc(C#N)c1. The molecular weight excluding hydrogens is 636 g/mol. The summed E-state index contributed by atoms with van der Waals surface area (Å²) >= 11 is 0. The lowest BCUT2D eigenvalue weighted by Gasteiger charge is -2.23. The minimum atomic E-state index is -4.78. The normalized spacial score (nSPS) is 12.4. The Morgan fingerprint density at radius 2 is 1.04 bits per heavy atom. The topological polar surface area (TPSA) is 33.6 Å². The summed E-state index contributed by atoms with van der Waals surface area (Å²) in [4.78, 5) is 0. The number of rotatable bonds is 3. The van der Waals surface area contributed by atoms with Crippen LogP contribution in [0.25, 0.3) is 66.1 Å². The fraction of sp³-hybridized carbons (Fsp3) is 0.0750. The molecule has 0 spiro atoms. The maximum Gasteiger partial charge on any atom is 0.416 e. The number of nitrogens with zero attached hydrogens (tertiary/aromatic N) is 3. The van der Waals surface area contributed by atoms with Gasteiger partial charge in [-0.2, -0.15) is 31.6 Å². The lowest BCUT2D eigenvalue weighted by molar-refractivity contribution is -0.138. The molecule has 0 bridgehead atoms. The Balaban J connectivity index is 1.61. The van der Waals surface area contributed by atoms with Crippen LogP contribution in [0.3, 0.4) is 0 Å². The second-order valence-electron chi connectivity index (χ2n) is 12.0. The van der Waals surface area contributed by atoms with E-state index in [9.17, 15) is 31.6 Å². The predicted molar refractivity (Wildman–Crippen MR) is 180 cm³/mol. The Morgan fingerprint density at radius 3 is 1.61 bits per heavy atom. The molecule has 2 heterocycles. The molecule has 9 heteroatoms. The number of halogens is 6. The number of para-hydroxylation sites is 2. The molecule has 0 fully saturated rings. The van der Waals surface area contributed by atoms with E-state index in [1.165, 1.54) is 6.07 Å². The van der Waals surface area contributed by atoms with Crippen LogP contribution in [0.4, 0.5) is 26.3 Å². The first-order valence-electron chi connectivity index (χ1n) is 15.3. The highest BCUT2D eigenvalue weighted by atomic mass is 19.4. The van der Waals surface area contributed by atoms with Gasteiger partial charge in [-0.25, -0.2) is 0 Å². The molecule has 0 saturated carbocycles.